The van der Waals surface area contributed by atoms with E-state index in [-0.39, 0.29) is 0 Å². The second-order valence-electron chi connectivity index (χ2n) is 5.96. The highest BCUT2D eigenvalue weighted by Crippen LogP contribution is 2.24. The van der Waals surface area contributed by atoms with Crippen LogP contribution in [0.15, 0.2) is 36.4 Å². The van der Waals surface area contributed by atoms with E-state index in [0.29, 0.717) is 5.75 Å². The topological polar surface area (TPSA) is 49.3 Å². The number of rotatable bonds is 4. The Labute approximate surface area is 150 Å². The van der Waals surface area contributed by atoms with Crippen LogP contribution in [0.25, 0.3) is 11.1 Å². The van der Waals surface area contributed by atoms with Crippen molar-refractivity contribution in [1.29, 1.82) is 0 Å². The predicted octanol–water partition coefficient (Wildman–Crippen LogP) is 4.18. The number of hydrogen-bond donors (Lipinski definition) is 3. The Morgan fingerprint density at radius 3 is 1.58 bits per heavy atom. The van der Waals surface area contributed by atoms with Crippen LogP contribution < -0.4 is 5.32 Å². The zero-order chi connectivity index (χ0) is 18.3. The molecule has 0 fully saturated rings. The molecule has 0 heterocycles. The highest BCUT2D eigenvalue weighted by atomic mass is 32.1. The quantitative estimate of drug-likeness (QED) is 0.729. The van der Waals surface area contributed by atoms with Gasteiger partial charge in [-0.15, -0.1) is 0 Å². The molecule has 3 nitrogen and oxygen atoms in total. The molecule has 4 heteroatoms. The second-order valence-corrected chi connectivity index (χ2v) is 6.33. The number of aliphatic carboxylic acids is 1. The van der Waals surface area contributed by atoms with E-state index in [9.17, 15) is 4.79 Å². The minimum absolute atomic E-state index is 0.325. The predicted molar refractivity (Wildman–Crippen MR) is 105 cm³/mol. The minimum atomic E-state index is -0.859. The summed E-state index contributed by atoms with van der Waals surface area (Å²) in [6, 6.07) is 12.8. The molecule has 0 aliphatic carbocycles. The smallest absolute Gasteiger partial charge is 0.321 e. The van der Waals surface area contributed by atoms with E-state index in [1.54, 1.807) is 7.05 Å². The average molecular weight is 346 g/mol. The third kappa shape index (κ3) is 5.69. The van der Waals surface area contributed by atoms with Gasteiger partial charge in [-0.25, -0.2) is 0 Å². The van der Waals surface area contributed by atoms with Crippen LogP contribution in [-0.2, 0) is 4.79 Å². The van der Waals surface area contributed by atoms with Crippen LogP contribution in [0.2, 0.25) is 0 Å². The van der Waals surface area contributed by atoms with Crippen molar-refractivity contribution in [2.75, 3.05) is 12.8 Å². The van der Waals surface area contributed by atoms with Crippen molar-refractivity contribution in [3.8, 4) is 11.1 Å². The van der Waals surface area contributed by atoms with E-state index in [2.05, 4.69) is 82.0 Å². The number of carbonyl (C=O) groups is 1. The molecule has 0 aromatic heterocycles. The van der Waals surface area contributed by atoms with Gasteiger partial charge in [-0.1, -0.05) is 36.4 Å². The summed E-state index contributed by atoms with van der Waals surface area (Å²) < 4.78 is 0. The summed E-state index contributed by atoms with van der Waals surface area (Å²) in [6.07, 6.45) is 0. The van der Waals surface area contributed by atoms with E-state index in [0.717, 1.165) is 0 Å². The van der Waals surface area contributed by atoms with Crippen LogP contribution in [0.4, 0.5) is 0 Å². The van der Waals surface area contributed by atoms with Gasteiger partial charge in [-0.05, 0) is 68.1 Å². The van der Waals surface area contributed by atoms with E-state index < -0.39 is 12.0 Å². The van der Waals surface area contributed by atoms with Crippen molar-refractivity contribution in [3.05, 3.63) is 58.7 Å². The van der Waals surface area contributed by atoms with Gasteiger partial charge in [0, 0.05) is 5.75 Å². The number of thiol groups is 1. The van der Waals surface area contributed by atoms with E-state index >= 15 is 0 Å². The number of benzene rings is 2. The molecule has 0 spiro atoms. The third-order valence-corrected chi connectivity index (χ3v) is 4.54. The van der Waals surface area contributed by atoms with Gasteiger partial charge in [0.2, 0.25) is 0 Å². The summed E-state index contributed by atoms with van der Waals surface area (Å²) in [4.78, 5) is 10.1. The van der Waals surface area contributed by atoms with E-state index in [1.165, 1.54) is 33.4 Å². The molecule has 2 N–H and O–H groups in total. The molecule has 2 aromatic carbocycles. The SMILES string of the molecule is CN[C@@H](CS)C(=O)O.Cc1ccc(-c2ccc(C)c(C)c2)cc1C. The molecule has 0 unspecified atom stereocenters. The van der Waals surface area contributed by atoms with Gasteiger partial charge in [-0.2, -0.15) is 12.6 Å². The number of carboxylic acid groups (broad SMARTS) is 1. The van der Waals surface area contributed by atoms with Crippen molar-refractivity contribution in [3.63, 3.8) is 0 Å². The number of likely N-dealkylation sites (N-methyl/N-ethyl adjacent to an activating group) is 1. The van der Waals surface area contributed by atoms with E-state index in [1.807, 2.05) is 0 Å². The molecule has 1 atom stereocenters. The number of carboxylic acids is 1. The summed E-state index contributed by atoms with van der Waals surface area (Å²) in [5, 5.41) is 10.8. The highest BCUT2D eigenvalue weighted by Gasteiger charge is 2.10. The maximum absolute atomic E-state index is 10.1. The fraction of sp³-hybridized carbons (Fsp3) is 0.350. The molecule has 0 radical (unpaired) electrons. The van der Waals surface area contributed by atoms with Crippen molar-refractivity contribution < 1.29 is 9.90 Å². The first kappa shape index (κ1) is 20.3. The maximum Gasteiger partial charge on any atom is 0.321 e. The number of nitrogens with one attached hydrogen (secondary N) is 1. The first-order chi connectivity index (χ1) is 11.3. The van der Waals surface area contributed by atoms with Crippen molar-refractivity contribution >= 4 is 18.6 Å². The lowest BCUT2D eigenvalue weighted by Crippen LogP contribution is -2.35. The molecule has 0 bridgehead atoms. The van der Waals surface area contributed by atoms with Gasteiger partial charge >= 0.3 is 5.97 Å². The molecule has 0 aliphatic rings. The first-order valence-electron chi connectivity index (χ1n) is 7.96. The Morgan fingerprint density at radius 1 is 0.958 bits per heavy atom. The fourth-order valence-corrected chi connectivity index (χ4v) is 2.47. The summed E-state index contributed by atoms with van der Waals surface area (Å²) in [5.41, 5.74) is 8.05. The molecular formula is C20H27NO2S. The molecule has 2 rings (SSSR count). The Morgan fingerprint density at radius 2 is 1.38 bits per heavy atom. The maximum atomic E-state index is 10.1. The van der Waals surface area contributed by atoms with Crippen LogP contribution in [0.5, 0.6) is 0 Å². The largest absolute Gasteiger partial charge is 0.480 e. The van der Waals surface area contributed by atoms with Gasteiger partial charge in [0.1, 0.15) is 6.04 Å². The van der Waals surface area contributed by atoms with Gasteiger partial charge in [0.05, 0.1) is 0 Å². The van der Waals surface area contributed by atoms with Crippen molar-refractivity contribution in [2.45, 2.75) is 33.7 Å². The molecule has 130 valence electrons. The van der Waals surface area contributed by atoms with Crippen LogP contribution in [0.3, 0.4) is 0 Å². The van der Waals surface area contributed by atoms with Crippen molar-refractivity contribution in [2.24, 2.45) is 0 Å². The zero-order valence-corrected chi connectivity index (χ0v) is 15.9. The lowest BCUT2D eigenvalue weighted by Gasteiger charge is -2.08. The molecule has 0 aliphatic heterocycles. The van der Waals surface area contributed by atoms with Gasteiger partial charge in [0.15, 0.2) is 0 Å². The van der Waals surface area contributed by atoms with Crippen LogP contribution in [0.1, 0.15) is 22.3 Å². The minimum Gasteiger partial charge on any atom is -0.480 e. The van der Waals surface area contributed by atoms with Crippen molar-refractivity contribution in [1.82, 2.24) is 5.32 Å². The average Bonchev–Trinajstić information content (AvgIpc) is 2.54. The Balaban J connectivity index is 0.000000307. The standard InChI is InChI=1S/C16H18.C4H9NO2S/c1-11-5-7-15(9-13(11)3)16-8-6-12(2)14(4)10-16;1-5-3(2-8)4(6)7/h5-10H,1-4H3;3,5,8H,2H2,1H3,(H,6,7)/t;3-/m.0/s1. The number of hydrogen-bond acceptors (Lipinski definition) is 3. The van der Waals surface area contributed by atoms with Gasteiger partial charge in [0.25, 0.3) is 0 Å². The highest BCUT2D eigenvalue weighted by molar-refractivity contribution is 7.80. The second kappa shape index (κ2) is 9.50. The summed E-state index contributed by atoms with van der Waals surface area (Å²) in [6.45, 7) is 8.64. The van der Waals surface area contributed by atoms with Crippen LogP contribution in [0, 0.1) is 27.7 Å². The molecule has 0 saturated carbocycles. The molecule has 0 saturated heterocycles. The third-order valence-electron chi connectivity index (χ3n) is 4.18. The van der Waals surface area contributed by atoms with E-state index in [4.69, 9.17) is 5.11 Å². The Kier molecular flexibility index (Phi) is 8.02. The van der Waals surface area contributed by atoms with Crippen LogP contribution in [-0.4, -0.2) is 29.9 Å². The molecule has 2 aromatic rings. The summed E-state index contributed by atoms with van der Waals surface area (Å²) >= 11 is 3.79. The van der Waals surface area contributed by atoms with Gasteiger partial charge < -0.3 is 10.4 Å². The first-order valence-corrected chi connectivity index (χ1v) is 8.59. The lowest BCUT2D eigenvalue weighted by atomic mass is 9.98. The lowest BCUT2D eigenvalue weighted by molar-refractivity contribution is -0.138. The molecule has 0 amide bonds. The van der Waals surface area contributed by atoms with Crippen LogP contribution >= 0.6 is 12.6 Å². The monoisotopic (exact) mass is 345 g/mol. The molecular weight excluding hydrogens is 318 g/mol. The normalized spacial score (nSPS) is 11.4. The summed E-state index contributed by atoms with van der Waals surface area (Å²) in [5.74, 6) is -0.534. The molecule has 24 heavy (non-hydrogen) atoms. The fourth-order valence-electron chi connectivity index (χ4n) is 2.13. The summed E-state index contributed by atoms with van der Waals surface area (Å²) in [7, 11) is 1.59. The zero-order valence-electron chi connectivity index (χ0n) is 15.1. The Hall–Kier alpha value is -1.78. The Bertz CT molecular complexity index is 645. The number of aryl methyl sites for hydroxylation is 4. The van der Waals surface area contributed by atoms with Gasteiger partial charge in [-0.3, -0.25) is 4.79 Å².